The van der Waals surface area contributed by atoms with E-state index in [0.29, 0.717) is 17.8 Å². The van der Waals surface area contributed by atoms with Crippen LogP contribution in [0.3, 0.4) is 0 Å². The molecule has 3 heteroatoms. The maximum Gasteiger partial charge on any atom is 0.104 e. The summed E-state index contributed by atoms with van der Waals surface area (Å²) in [6, 6.07) is 0. The summed E-state index contributed by atoms with van der Waals surface area (Å²) in [4.78, 5) is 0.494. The molecule has 3 atom stereocenters. The van der Waals surface area contributed by atoms with Crippen molar-refractivity contribution in [1.82, 2.24) is 0 Å². The van der Waals surface area contributed by atoms with Gasteiger partial charge in [0.05, 0.1) is 0 Å². The van der Waals surface area contributed by atoms with Crippen LogP contribution in [0, 0.1) is 5.92 Å². The van der Waals surface area contributed by atoms with Crippen LogP contribution >= 0.6 is 15.9 Å². The SMILES string of the molecule is NCC1CC(Br)CCC1F. The van der Waals surface area contributed by atoms with Crippen LogP contribution < -0.4 is 5.73 Å². The van der Waals surface area contributed by atoms with Gasteiger partial charge in [0.15, 0.2) is 0 Å². The molecule has 0 aromatic rings. The zero-order chi connectivity index (χ0) is 7.56. The Morgan fingerprint density at radius 3 is 2.70 bits per heavy atom. The summed E-state index contributed by atoms with van der Waals surface area (Å²) < 4.78 is 12.9. The lowest BCUT2D eigenvalue weighted by atomic mass is 9.88. The predicted octanol–water partition coefficient (Wildman–Crippen LogP) is 1.85. The Balaban J connectivity index is 2.38. The van der Waals surface area contributed by atoms with Crippen LogP contribution in [0.5, 0.6) is 0 Å². The smallest absolute Gasteiger partial charge is 0.104 e. The summed E-state index contributed by atoms with van der Waals surface area (Å²) in [6.45, 7) is 0.489. The fourth-order valence-corrected chi connectivity index (χ4v) is 2.16. The van der Waals surface area contributed by atoms with Crippen molar-refractivity contribution in [2.45, 2.75) is 30.3 Å². The molecular weight excluding hydrogens is 197 g/mol. The molecule has 0 aromatic heterocycles. The van der Waals surface area contributed by atoms with Crippen molar-refractivity contribution in [2.24, 2.45) is 11.7 Å². The van der Waals surface area contributed by atoms with E-state index in [-0.39, 0.29) is 5.92 Å². The Morgan fingerprint density at radius 1 is 1.50 bits per heavy atom. The van der Waals surface area contributed by atoms with Gasteiger partial charge in [-0.05, 0) is 25.8 Å². The minimum Gasteiger partial charge on any atom is -0.330 e. The normalized spacial score (nSPS) is 41.7. The van der Waals surface area contributed by atoms with E-state index in [2.05, 4.69) is 15.9 Å². The van der Waals surface area contributed by atoms with Gasteiger partial charge in [-0.25, -0.2) is 4.39 Å². The van der Waals surface area contributed by atoms with E-state index < -0.39 is 6.17 Å². The van der Waals surface area contributed by atoms with E-state index in [4.69, 9.17) is 5.73 Å². The predicted molar refractivity (Wildman–Crippen MR) is 44.0 cm³/mol. The van der Waals surface area contributed by atoms with Crippen molar-refractivity contribution in [3.05, 3.63) is 0 Å². The van der Waals surface area contributed by atoms with E-state index in [1.54, 1.807) is 0 Å². The first-order valence-corrected chi connectivity index (χ1v) is 4.63. The maximum absolute atomic E-state index is 12.9. The van der Waals surface area contributed by atoms with Crippen molar-refractivity contribution >= 4 is 15.9 Å². The molecule has 0 bridgehead atoms. The third-order valence-corrected chi connectivity index (χ3v) is 2.96. The van der Waals surface area contributed by atoms with E-state index in [0.717, 1.165) is 12.8 Å². The fraction of sp³-hybridized carbons (Fsp3) is 1.00. The Labute approximate surface area is 69.3 Å². The molecule has 1 rings (SSSR count). The molecule has 0 aromatic carbocycles. The second kappa shape index (κ2) is 3.67. The Morgan fingerprint density at radius 2 is 2.20 bits per heavy atom. The van der Waals surface area contributed by atoms with Crippen LogP contribution in [0.4, 0.5) is 4.39 Å². The first kappa shape index (κ1) is 8.47. The van der Waals surface area contributed by atoms with Crippen molar-refractivity contribution in [3.8, 4) is 0 Å². The molecule has 10 heavy (non-hydrogen) atoms. The molecule has 1 saturated carbocycles. The largest absolute Gasteiger partial charge is 0.330 e. The van der Waals surface area contributed by atoms with Crippen LogP contribution in [0.1, 0.15) is 19.3 Å². The first-order valence-electron chi connectivity index (χ1n) is 3.72. The molecule has 1 aliphatic rings. The lowest BCUT2D eigenvalue weighted by Crippen LogP contribution is -2.31. The van der Waals surface area contributed by atoms with Crippen LogP contribution in [0.25, 0.3) is 0 Å². The monoisotopic (exact) mass is 209 g/mol. The van der Waals surface area contributed by atoms with Crippen molar-refractivity contribution in [2.75, 3.05) is 6.54 Å². The first-order chi connectivity index (χ1) is 4.74. The van der Waals surface area contributed by atoms with Crippen LogP contribution in [-0.2, 0) is 0 Å². The van der Waals surface area contributed by atoms with Gasteiger partial charge < -0.3 is 5.73 Å². The summed E-state index contributed by atoms with van der Waals surface area (Å²) >= 11 is 3.47. The molecule has 1 aliphatic carbocycles. The topological polar surface area (TPSA) is 26.0 Å². The molecule has 1 fully saturated rings. The Kier molecular flexibility index (Phi) is 3.11. The average molecular weight is 210 g/mol. The van der Waals surface area contributed by atoms with Crippen molar-refractivity contribution in [3.63, 3.8) is 0 Å². The van der Waals surface area contributed by atoms with Crippen molar-refractivity contribution in [1.29, 1.82) is 0 Å². The molecule has 2 N–H and O–H groups in total. The zero-order valence-electron chi connectivity index (χ0n) is 5.89. The second-order valence-electron chi connectivity index (χ2n) is 2.92. The molecule has 0 radical (unpaired) electrons. The van der Waals surface area contributed by atoms with E-state index >= 15 is 0 Å². The number of hydrogen-bond acceptors (Lipinski definition) is 1. The lowest BCUT2D eigenvalue weighted by molar-refractivity contribution is 0.176. The maximum atomic E-state index is 12.9. The Hall–Kier alpha value is 0.370. The third-order valence-electron chi connectivity index (χ3n) is 2.13. The standard InChI is InChI=1S/C7H13BrFN/c8-6-1-2-7(9)5(3-6)4-10/h5-7H,1-4,10H2. The quantitative estimate of drug-likeness (QED) is 0.656. The van der Waals surface area contributed by atoms with Crippen LogP contribution in [0.15, 0.2) is 0 Å². The van der Waals surface area contributed by atoms with E-state index in [1.807, 2.05) is 0 Å². The van der Waals surface area contributed by atoms with Crippen molar-refractivity contribution < 1.29 is 4.39 Å². The van der Waals surface area contributed by atoms with Gasteiger partial charge in [-0.3, -0.25) is 0 Å². The van der Waals surface area contributed by atoms with Gasteiger partial charge in [0.2, 0.25) is 0 Å². The summed E-state index contributed by atoms with van der Waals surface area (Å²) in [5.74, 6) is 0.0955. The lowest BCUT2D eigenvalue weighted by Gasteiger charge is -2.27. The molecule has 60 valence electrons. The summed E-state index contributed by atoms with van der Waals surface area (Å²) in [5.41, 5.74) is 5.40. The zero-order valence-corrected chi connectivity index (χ0v) is 7.48. The number of rotatable bonds is 1. The fourth-order valence-electron chi connectivity index (χ4n) is 1.41. The van der Waals surface area contributed by atoms with E-state index in [9.17, 15) is 4.39 Å². The molecule has 0 aliphatic heterocycles. The van der Waals surface area contributed by atoms with Gasteiger partial charge >= 0.3 is 0 Å². The van der Waals surface area contributed by atoms with Gasteiger partial charge in [0.1, 0.15) is 6.17 Å². The highest BCUT2D eigenvalue weighted by molar-refractivity contribution is 9.09. The van der Waals surface area contributed by atoms with Gasteiger partial charge in [0.25, 0.3) is 0 Å². The van der Waals surface area contributed by atoms with Gasteiger partial charge in [-0.15, -0.1) is 0 Å². The minimum atomic E-state index is -0.654. The van der Waals surface area contributed by atoms with Crippen LogP contribution in [0.2, 0.25) is 0 Å². The number of alkyl halides is 2. The molecule has 0 amide bonds. The highest BCUT2D eigenvalue weighted by Gasteiger charge is 2.27. The molecular formula is C7H13BrFN. The third kappa shape index (κ3) is 1.92. The summed E-state index contributed by atoms with van der Waals surface area (Å²) in [6.07, 6.45) is 1.88. The number of halogens is 2. The van der Waals surface area contributed by atoms with E-state index in [1.165, 1.54) is 0 Å². The molecule has 1 nitrogen and oxygen atoms in total. The highest BCUT2D eigenvalue weighted by Crippen LogP contribution is 2.30. The summed E-state index contributed by atoms with van der Waals surface area (Å²) in [5, 5.41) is 0. The summed E-state index contributed by atoms with van der Waals surface area (Å²) in [7, 11) is 0. The number of nitrogens with two attached hydrogens (primary N) is 1. The van der Waals surface area contributed by atoms with Gasteiger partial charge in [-0.1, -0.05) is 15.9 Å². The molecule has 3 unspecified atom stereocenters. The Bertz CT molecular complexity index is 110. The number of hydrogen-bond donors (Lipinski definition) is 1. The molecule has 0 heterocycles. The van der Waals surface area contributed by atoms with Crippen LogP contribution in [-0.4, -0.2) is 17.5 Å². The minimum absolute atomic E-state index is 0.0955. The molecule has 0 saturated heterocycles. The average Bonchev–Trinajstić information content (AvgIpc) is 1.94. The second-order valence-corrected chi connectivity index (χ2v) is 4.22. The molecule has 0 spiro atoms. The highest BCUT2D eigenvalue weighted by atomic mass is 79.9. The van der Waals surface area contributed by atoms with Gasteiger partial charge in [0, 0.05) is 10.7 Å². The van der Waals surface area contributed by atoms with Gasteiger partial charge in [-0.2, -0.15) is 0 Å².